The fourth-order valence-corrected chi connectivity index (χ4v) is 3.01. The number of hydrogen-bond donors (Lipinski definition) is 2. The summed E-state index contributed by atoms with van der Waals surface area (Å²) in [6.07, 6.45) is 6.22. The summed E-state index contributed by atoms with van der Waals surface area (Å²) in [4.78, 5) is 7.08. The van der Waals surface area contributed by atoms with Crippen molar-refractivity contribution in [3.8, 4) is 0 Å². The van der Waals surface area contributed by atoms with Gasteiger partial charge in [0.05, 0.1) is 0 Å². The Morgan fingerprint density at radius 2 is 2.10 bits per heavy atom. The van der Waals surface area contributed by atoms with E-state index in [2.05, 4.69) is 42.9 Å². The van der Waals surface area contributed by atoms with E-state index in [1.54, 1.807) is 0 Å². The molecule has 0 amide bonds. The number of rotatable bonds is 9. The van der Waals surface area contributed by atoms with Crippen LogP contribution in [0.3, 0.4) is 0 Å². The van der Waals surface area contributed by atoms with Crippen LogP contribution in [-0.4, -0.2) is 43.1 Å². The van der Waals surface area contributed by atoms with Crippen molar-refractivity contribution in [1.29, 1.82) is 0 Å². The zero-order valence-corrected chi connectivity index (χ0v) is 14.6. The molecular weight excluding hydrogens is 260 g/mol. The first-order valence-corrected chi connectivity index (χ1v) is 8.80. The molecule has 1 heterocycles. The molecule has 0 radical (unpaired) electrons. The third-order valence-corrected chi connectivity index (χ3v) is 4.24. The van der Waals surface area contributed by atoms with E-state index in [0.717, 1.165) is 12.5 Å². The van der Waals surface area contributed by atoms with Crippen LogP contribution in [0, 0.1) is 11.8 Å². The molecule has 3 N–H and O–H groups in total. The molecule has 0 aromatic rings. The Morgan fingerprint density at radius 1 is 1.33 bits per heavy atom. The van der Waals surface area contributed by atoms with Crippen molar-refractivity contribution in [2.45, 2.75) is 65.8 Å². The zero-order valence-electron chi connectivity index (χ0n) is 14.6. The van der Waals surface area contributed by atoms with Crippen molar-refractivity contribution in [2.24, 2.45) is 22.6 Å². The van der Waals surface area contributed by atoms with Gasteiger partial charge in [-0.3, -0.25) is 4.99 Å². The van der Waals surface area contributed by atoms with Crippen molar-refractivity contribution in [1.82, 2.24) is 10.2 Å². The predicted octanol–water partition coefficient (Wildman–Crippen LogP) is 2.84. The van der Waals surface area contributed by atoms with Crippen LogP contribution in [0.1, 0.15) is 59.8 Å². The minimum atomic E-state index is 0.424. The van der Waals surface area contributed by atoms with Gasteiger partial charge >= 0.3 is 0 Å². The van der Waals surface area contributed by atoms with Gasteiger partial charge in [-0.25, -0.2) is 0 Å². The van der Waals surface area contributed by atoms with Gasteiger partial charge in [0.1, 0.15) is 0 Å². The lowest BCUT2D eigenvalue weighted by molar-refractivity contribution is 0.326. The van der Waals surface area contributed by atoms with Crippen molar-refractivity contribution >= 4 is 5.96 Å². The summed E-state index contributed by atoms with van der Waals surface area (Å²) in [5, 5.41) is 3.33. The first kappa shape index (κ1) is 18.3. The van der Waals surface area contributed by atoms with Crippen LogP contribution in [0.2, 0.25) is 0 Å². The molecule has 1 aliphatic rings. The standard InChI is InChI=1S/C17H36N4/c1-5-10-21-11-9-16(13-21)12-19-17(18)20-15(4)8-6-7-14(2)3/h14-16H,5-13H2,1-4H3,(H3,18,19,20). The van der Waals surface area contributed by atoms with Crippen molar-refractivity contribution in [3.05, 3.63) is 0 Å². The van der Waals surface area contributed by atoms with Crippen molar-refractivity contribution in [3.63, 3.8) is 0 Å². The Labute approximate surface area is 131 Å². The highest BCUT2D eigenvalue weighted by molar-refractivity contribution is 5.78. The molecule has 0 bridgehead atoms. The average Bonchev–Trinajstić information content (AvgIpc) is 2.84. The molecule has 1 rings (SSSR count). The molecule has 21 heavy (non-hydrogen) atoms. The second-order valence-electron chi connectivity index (χ2n) is 7.05. The van der Waals surface area contributed by atoms with Crippen LogP contribution >= 0.6 is 0 Å². The summed E-state index contributed by atoms with van der Waals surface area (Å²) in [6, 6.07) is 0.424. The van der Waals surface area contributed by atoms with E-state index in [1.807, 2.05) is 0 Å². The molecule has 2 atom stereocenters. The van der Waals surface area contributed by atoms with E-state index in [1.165, 1.54) is 51.7 Å². The molecule has 1 aliphatic heterocycles. The number of nitrogens with one attached hydrogen (secondary N) is 1. The summed E-state index contributed by atoms with van der Waals surface area (Å²) < 4.78 is 0. The van der Waals surface area contributed by atoms with Crippen LogP contribution in [0.15, 0.2) is 4.99 Å². The first-order valence-electron chi connectivity index (χ1n) is 8.80. The van der Waals surface area contributed by atoms with E-state index >= 15 is 0 Å². The number of likely N-dealkylation sites (tertiary alicyclic amines) is 1. The second kappa shape index (κ2) is 10.0. The van der Waals surface area contributed by atoms with Gasteiger partial charge < -0.3 is 16.0 Å². The number of guanidine groups is 1. The van der Waals surface area contributed by atoms with Gasteiger partial charge in [-0.1, -0.05) is 33.6 Å². The van der Waals surface area contributed by atoms with Gasteiger partial charge in [0.15, 0.2) is 5.96 Å². The van der Waals surface area contributed by atoms with Gasteiger partial charge in [-0.15, -0.1) is 0 Å². The summed E-state index contributed by atoms with van der Waals surface area (Å²) in [5.74, 6) is 2.10. The maximum absolute atomic E-state index is 6.00. The third-order valence-electron chi connectivity index (χ3n) is 4.24. The maximum Gasteiger partial charge on any atom is 0.188 e. The van der Waals surface area contributed by atoms with Crippen LogP contribution < -0.4 is 11.1 Å². The molecule has 1 saturated heterocycles. The van der Waals surface area contributed by atoms with Crippen molar-refractivity contribution in [2.75, 3.05) is 26.2 Å². The number of hydrogen-bond acceptors (Lipinski definition) is 2. The van der Waals surface area contributed by atoms with E-state index in [0.29, 0.717) is 17.9 Å². The van der Waals surface area contributed by atoms with Gasteiger partial charge in [-0.05, 0) is 51.1 Å². The lowest BCUT2D eigenvalue weighted by Gasteiger charge is -2.16. The Kier molecular flexibility index (Phi) is 8.74. The molecule has 0 saturated carbocycles. The molecule has 1 fully saturated rings. The maximum atomic E-state index is 6.00. The zero-order chi connectivity index (χ0) is 15.7. The Balaban J connectivity index is 2.18. The fraction of sp³-hybridized carbons (Fsp3) is 0.941. The minimum Gasteiger partial charge on any atom is -0.370 e. The quantitative estimate of drug-likeness (QED) is 0.508. The molecule has 124 valence electrons. The summed E-state index contributed by atoms with van der Waals surface area (Å²) in [7, 11) is 0. The highest BCUT2D eigenvalue weighted by atomic mass is 15.2. The molecule has 0 aromatic heterocycles. The Morgan fingerprint density at radius 3 is 2.76 bits per heavy atom. The normalized spacial score (nSPS) is 22.0. The second-order valence-corrected chi connectivity index (χ2v) is 7.05. The highest BCUT2D eigenvalue weighted by Crippen LogP contribution is 2.16. The minimum absolute atomic E-state index is 0.424. The van der Waals surface area contributed by atoms with Crippen molar-refractivity contribution < 1.29 is 0 Å². The molecule has 0 aliphatic carbocycles. The number of aliphatic imine (C=N–C) groups is 1. The highest BCUT2D eigenvalue weighted by Gasteiger charge is 2.21. The van der Waals surface area contributed by atoms with E-state index in [9.17, 15) is 0 Å². The predicted molar refractivity (Wildman–Crippen MR) is 92.6 cm³/mol. The van der Waals surface area contributed by atoms with E-state index in [-0.39, 0.29) is 0 Å². The molecular formula is C17H36N4. The molecule has 2 unspecified atom stereocenters. The number of nitrogens with two attached hydrogens (primary N) is 1. The van der Waals surface area contributed by atoms with Crippen LogP contribution in [0.5, 0.6) is 0 Å². The molecule has 4 heteroatoms. The van der Waals surface area contributed by atoms with Gasteiger partial charge in [0, 0.05) is 19.1 Å². The summed E-state index contributed by atoms with van der Waals surface area (Å²) in [5.41, 5.74) is 6.00. The van der Waals surface area contributed by atoms with Gasteiger partial charge in [0.25, 0.3) is 0 Å². The summed E-state index contributed by atoms with van der Waals surface area (Å²) in [6.45, 7) is 13.5. The smallest absolute Gasteiger partial charge is 0.188 e. The van der Waals surface area contributed by atoms with Gasteiger partial charge in [0.2, 0.25) is 0 Å². The topological polar surface area (TPSA) is 53.6 Å². The molecule has 0 aromatic carbocycles. The van der Waals surface area contributed by atoms with Crippen LogP contribution in [0.4, 0.5) is 0 Å². The average molecular weight is 297 g/mol. The lowest BCUT2D eigenvalue weighted by Crippen LogP contribution is -2.38. The molecule has 0 spiro atoms. The SMILES string of the molecule is CCCN1CCC(CN=C(N)NC(C)CCCC(C)C)C1. The monoisotopic (exact) mass is 296 g/mol. The third kappa shape index (κ3) is 8.30. The fourth-order valence-electron chi connectivity index (χ4n) is 3.01. The summed E-state index contributed by atoms with van der Waals surface area (Å²) >= 11 is 0. The van der Waals surface area contributed by atoms with Crippen LogP contribution in [0.25, 0.3) is 0 Å². The van der Waals surface area contributed by atoms with Crippen LogP contribution in [-0.2, 0) is 0 Å². The van der Waals surface area contributed by atoms with Gasteiger partial charge in [-0.2, -0.15) is 0 Å². The largest absolute Gasteiger partial charge is 0.370 e. The lowest BCUT2D eigenvalue weighted by atomic mass is 10.0. The first-order chi connectivity index (χ1) is 10.0. The van der Waals surface area contributed by atoms with E-state index < -0.39 is 0 Å². The Bertz CT molecular complexity index is 301. The molecule has 4 nitrogen and oxygen atoms in total. The van der Waals surface area contributed by atoms with E-state index in [4.69, 9.17) is 5.73 Å². The number of nitrogens with zero attached hydrogens (tertiary/aromatic N) is 2. The Hall–Kier alpha value is -0.770.